The minimum atomic E-state index is -0.905. The number of hydrogen-bond acceptors (Lipinski definition) is 3. The van der Waals surface area contributed by atoms with Crippen LogP contribution in [0.1, 0.15) is 20.8 Å². The molecular formula is C10H16N2O3. The summed E-state index contributed by atoms with van der Waals surface area (Å²) in [5.74, 6) is -1.12. The van der Waals surface area contributed by atoms with Gasteiger partial charge in [0.1, 0.15) is 6.04 Å². The topological polar surface area (TPSA) is 78.4 Å². The van der Waals surface area contributed by atoms with Crippen LogP contribution in [0.15, 0.2) is 11.8 Å². The first kappa shape index (κ1) is 11.6. The predicted octanol–water partition coefficient (Wildman–Crippen LogP) is 0.0874. The highest BCUT2D eigenvalue weighted by molar-refractivity contribution is 5.91. The van der Waals surface area contributed by atoms with Crippen LogP contribution < -0.4 is 10.6 Å². The lowest BCUT2D eigenvalue weighted by Crippen LogP contribution is -2.43. The van der Waals surface area contributed by atoms with Crippen LogP contribution in [0.4, 0.5) is 0 Å². The largest absolute Gasteiger partial charge is 0.480 e. The molecule has 15 heavy (non-hydrogen) atoms. The summed E-state index contributed by atoms with van der Waals surface area (Å²) in [6.45, 7) is 5.45. The number of rotatable bonds is 4. The number of carbonyl (C=O) groups is 2. The van der Waals surface area contributed by atoms with E-state index >= 15 is 0 Å². The van der Waals surface area contributed by atoms with Gasteiger partial charge in [-0.05, 0) is 12.8 Å². The first-order valence-corrected chi connectivity index (χ1v) is 4.93. The minimum absolute atomic E-state index is 0.0358. The lowest BCUT2D eigenvalue weighted by atomic mass is 10.0. The fourth-order valence-corrected chi connectivity index (χ4v) is 1.46. The van der Waals surface area contributed by atoms with Crippen molar-refractivity contribution in [3.63, 3.8) is 0 Å². The van der Waals surface area contributed by atoms with Crippen molar-refractivity contribution in [3.05, 3.63) is 11.8 Å². The molecule has 0 aromatic carbocycles. The van der Waals surface area contributed by atoms with Crippen LogP contribution in [0.3, 0.4) is 0 Å². The lowest BCUT2D eigenvalue weighted by Gasteiger charge is -2.21. The summed E-state index contributed by atoms with van der Waals surface area (Å²) in [6, 6.07) is -0.801. The third-order valence-electron chi connectivity index (χ3n) is 2.37. The number of amides is 1. The average Bonchev–Trinajstić information content (AvgIpc) is 2.39. The van der Waals surface area contributed by atoms with Gasteiger partial charge in [-0.3, -0.25) is 4.79 Å². The third-order valence-corrected chi connectivity index (χ3v) is 2.37. The molecule has 1 aliphatic rings. The molecule has 84 valence electrons. The number of carbonyl (C=O) groups excluding carboxylic acids is 1. The molecular weight excluding hydrogens is 196 g/mol. The first-order chi connectivity index (χ1) is 6.91. The zero-order valence-corrected chi connectivity index (χ0v) is 9.07. The quantitative estimate of drug-likeness (QED) is 0.617. The van der Waals surface area contributed by atoms with Crippen molar-refractivity contribution in [2.45, 2.75) is 32.9 Å². The van der Waals surface area contributed by atoms with E-state index in [9.17, 15) is 9.59 Å². The van der Waals surface area contributed by atoms with Crippen LogP contribution >= 0.6 is 0 Å². The molecule has 5 nitrogen and oxygen atoms in total. The highest BCUT2D eigenvalue weighted by atomic mass is 16.4. The molecule has 1 heterocycles. The predicted molar refractivity (Wildman–Crippen MR) is 55.1 cm³/mol. The Balaban J connectivity index is 2.71. The standard InChI is InChI=1S/C10H16N2O3/c1-5(2)9(10(14)15)12-7-4-8(13)11-6(7)3/h4-6,9,12H,1-3H3,(H,11,13)(H,14,15)/t6-,9-/m0/s1. The van der Waals surface area contributed by atoms with Crippen molar-refractivity contribution < 1.29 is 14.7 Å². The maximum atomic E-state index is 11.0. The molecule has 0 saturated heterocycles. The Bertz CT molecular complexity index is 310. The Morgan fingerprint density at radius 1 is 1.60 bits per heavy atom. The molecule has 0 aromatic heterocycles. The smallest absolute Gasteiger partial charge is 0.326 e. The van der Waals surface area contributed by atoms with E-state index in [0.29, 0.717) is 5.70 Å². The summed E-state index contributed by atoms with van der Waals surface area (Å²) in [5.41, 5.74) is 0.640. The Morgan fingerprint density at radius 2 is 2.20 bits per heavy atom. The maximum Gasteiger partial charge on any atom is 0.326 e. The van der Waals surface area contributed by atoms with E-state index in [-0.39, 0.29) is 17.9 Å². The van der Waals surface area contributed by atoms with Gasteiger partial charge in [0.05, 0.1) is 6.04 Å². The molecule has 0 spiro atoms. The van der Waals surface area contributed by atoms with Crippen LogP contribution in [0.2, 0.25) is 0 Å². The SMILES string of the molecule is CC(C)[C@H](NC1=CC(=O)N[C@H]1C)C(=O)O. The van der Waals surface area contributed by atoms with Crippen LogP contribution in [0.25, 0.3) is 0 Å². The molecule has 3 N–H and O–H groups in total. The van der Waals surface area contributed by atoms with Gasteiger partial charge in [-0.15, -0.1) is 0 Å². The first-order valence-electron chi connectivity index (χ1n) is 4.93. The van der Waals surface area contributed by atoms with E-state index < -0.39 is 12.0 Å². The van der Waals surface area contributed by atoms with Gasteiger partial charge >= 0.3 is 5.97 Å². The number of carboxylic acid groups (broad SMARTS) is 1. The molecule has 0 bridgehead atoms. The molecule has 5 heteroatoms. The molecule has 0 radical (unpaired) electrons. The van der Waals surface area contributed by atoms with Gasteiger partial charge in [-0.2, -0.15) is 0 Å². The Morgan fingerprint density at radius 3 is 2.53 bits per heavy atom. The zero-order chi connectivity index (χ0) is 11.6. The summed E-state index contributed by atoms with van der Waals surface area (Å²) in [7, 11) is 0. The highest BCUT2D eigenvalue weighted by Gasteiger charge is 2.26. The van der Waals surface area contributed by atoms with E-state index in [1.165, 1.54) is 6.08 Å². The van der Waals surface area contributed by atoms with Gasteiger partial charge in [0.15, 0.2) is 0 Å². The van der Waals surface area contributed by atoms with Gasteiger partial charge in [-0.25, -0.2) is 4.79 Å². The molecule has 2 atom stereocenters. The summed E-state index contributed by atoms with van der Waals surface area (Å²) in [5, 5.41) is 14.5. The monoisotopic (exact) mass is 212 g/mol. The summed E-state index contributed by atoms with van der Waals surface area (Å²) >= 11 is 0. The van der Waals surface area contributed by atoms with Crippen LogP contribution in [-0.2, 0) is 9.59 Å². The van der Waals surface area contributed by atoms with Crippen LogP contribution in [-0.4, -0.2) is 29.1 Å². The molecule has 1 aliphatic heterocycles. The normalized spacial score (nSPS) is 22.3. The van der Waals surface area contributed by atoms with Crippen molar-refractivity contribution in [3.8, 4) is 0 Å². The number of aliphatic carboxylic acids is 1. The zero-order valence-electron chi connectivity index (χ0n) is 9.07. The molecule has 0 fully saturated rings. The van der Waals surface area contributed by atoms with Crippen molar-refractivity contribution in [2.24, 2.45) is 5.92 Å². The second kappa shape index (κ2) is 4.33. The third kappa shape index (κ3) is 2.71. The van der Waals surface area contributed by atoms with E-state index in [0.717, 1.165) is 0 Å². The molecule has 1 amide bonds. The molecule has 0 unspecified atom stereocenters. The fourth-order valence-electron chi connectivity index (χ4n) is 1.46. The number of nitrogens with one attached hydrogen (secondary N) is 2. The molecule has 0 aromatic rings. The van der Waals surface area contributed by atoms with Gasteiger partial charge in [0, 0.05) is 11.8 Å². The van der Waals surface area contributed by atoms with Crippen LogP contribution in [0, 0.1) is 5.92 Å². The Kier molecular flexibility index (Phi) is 3.34. The fraction of sp³-hybridized carbons (Fsp3) is 0.600. The number of carboxylic acids is 1. The van der Waals surface area contributed by atoms with Gasteiger partial charge < -0.3 is 15.7 Å². The minimum Gasteiger partial charge on any atom is -0.480 e. The maximum absolute atomic E-state index is 11.0. The number of hydrogen-bond donors (Lipinski definition) is 3. The van der Waals surface area contributed by atoms with E-state index in [2.05, 4.69) is 10.6 Å². The van der Waals surface area contributed by atoms with E-state index in [1.807, 2.05) is 20.8 Å². The highest BCUT2D eigenvalue weighted by Crippen LogP contribution is 2.10. The Labute approximate surface area is 88.5 Å². The summed E-state index contributed by atoms with van der Waals surface area (Å²) < 4.78 is 0. The van der Waals surface area contributed by atoms with Crippen molar-refractivity contribution in [2.75, 3.05) is 0 Å². The van der Waals surface area contributed by atoms with Crippen molar-refractivity contribution >= 4 is 11.9 Å². The van der Waals surface area contributed by atoms with Crippen molar-refractivity contribution in [1.82, 2.24) is 10.6 Å². The summed E-state index contributed by atoms with van der Waals surface area (Å²) in [6.07, 6.45) is 1.41. The molecule has 0 aliphatic carbocycles. The lowest BCUT2D eigenvalue weighted by molar-refractivity contribution is -0.140. The van der Waals surface area contributed by atoms with Gasteiger partial charge in [0.2, 0.25) is 5.91 Å². The molecule has 1 rings (SSSR count). The average molecular weight is 212 g/mol. The van der Waals surface area contributed by atoms with Gasteiger partial charge in [-0.1, -0.05) is 13.8 Å². The second-order valence-corrected chi connectivity index (χ2v) is 4.03. The van der Waals surface area contributed by atoms with Crippen LogP contribution in [0.5, 0.6) is 0 Å². The summed E-state index contributed by atoms with van der Waals surface area (Å²) in [4.78, 5) is 21.9. The van der Waals surface area contributed by atoms with E-state index in [1.54, 1.807) is 0 Å². The Hall–Kier alpha value is -1.52. The van der Waals surface area contributed by atoms with E-state index in [4.69, 9.17) is 5.11 Å². The van der Waals surface area contributed by atoms with Gasteiger partial charge in [0.25, 0.3) is 0 Å². The second-order valence-electron chi connectivity index (χ2n) is 4.03. The molecule has 0 saturated carbocycles. The van der Waals surface area contributed by atoms with Crippen molar-refractivity contribution in [1.29, 1.82) is 0 Å².